The summed E-state index contributed by atoms with van der Waals surface area (Å²) in [6.45, 7) is 1.00. The molecule has 0 saturated carbocycles. The van der Waals surface area contributed by atoms with E-state index in [1.165, 1.54) is 20.6 Å². The molecule has 24 heavy (non-hydrogen) atoms. The molecule has 3 aromatic rings. The zero-order chi connectivity index (χ0) is 17.5. The Hall–Kier alpha value is -0.242. The predicted molar refractivity (Wildman–Crippen MR) is 113 cm³/mol. The molecule has 0 N–H and O–H groups in total. The van der Waals surface area contributed by atoms with Crippen LogP contribution in [-0.4, -0.2) is 10.5 Å². The van der Waals surface area contributed by atoms with Crippen LogP contribution in [0.5, 0.6) is 0 Å². The number of nitrogens with zero attached hydrogens (tertiary/aromatic N) is 3. The summed E-state index contributed by atoms with van der Waals surface area (Å²) in [6, 6.07) is 20.8. The maximum atomic E-state index is 2.33. The van der Waals surface area contributed by atoms with E-state index in [0.29, 0.717) is 0 Å². The first-order chi connectivity index (χ1) is 11.5. The zero-order valence-corrected chi connectivity index (χ0v) is 20.1. The Kier molecular flexibility index (Phi) is 8.40. The van der Waals surface area contributed by atoms with Gasteiger partial charge in [-0.15, -0.1) is 0 Å². The monoisotopic (exact) mass is 726 g/mol. The van der Waals surface area contributed by atoms with Gasteiger partial charge in [-0.25, -0.2) is 0 Å². The minimum absolute atomic E-state index is 1.00. The van der Waals surface area contributed by atoms with E-state index in [1.54, 1.807) is 0 Å². The van der Waals surface area contributed by atoms with Crippen molar-refractivity contribution >= 4 is 45.7 Å². The van der Waals surface area contributed by atoms with Gasteiger partial charge in [-0.3, -0.25) is 0 Å². The van der Waals surface area contributed by atoms with Crippen LogP contribution in [0.4, 0.5) is 0 Å². The number of aryl methyl sites for hydroxylation is 1. The summed E-state index contributed by atoms with van der Waals surface area (Å²) in [5.74, 6) is 0. The Bertz CT molecular complexity index is 811. The standard InChI is InChI=1S/C11H12N2.C7H7I2N.Pt/c1-12-8-11(13(2)9-12)10-6-4-3-5-7-10;8-10(9)6-7-4-2-1-3-5-7;/h3-8H,1-2H3;1-5H,6H2;. The Balaban J connectivity index is 0.000000185. The fourth-order valence-electron chi connectivity index (χ4n) is 2.25. The first-order valence-electron chi connectivity index (χ1n) is 7.35. The molecule has 130 valence electrons. The maximum absolute atomic E-state index is 2.33. The third kappa shape index (κ3) is 5.93. The Morgan fingerprint density at radius 2 is 1.46 bits per heavy atom. The van der Waals surface area contributed by atoms with Gasteiger partial charge in [-0.2, -0.15) is 1.33 Å². The van der Waals surface area contributed by atoms with Crippen molar-refractivity contribution in [2.75, 3.05) is 0 Å². The van der Waals surface area contributed by atoms with E-state index in [4.69, 9.17) is 0 Å². The summed E-state index contributed by atoms with van der Waals surface area (Å²) in [5, 5.41) is 0. The zero-order valence-electron chi connectivity index (χ0n) is 13.5. The van der Waals surface area contributed by atoms with Crippen LogP contribution in [0, 0.1) is 3.80 Å². The molecule has 0 bridgehead atoms. The molecule has 0 saturated heterocycles. The van der Waals surface area contributed by atoms with Gasteiger partial charge in [0, 0.05) is 52.3 Å². The second-order valence-electron chi connectivity index (χ2n) is 5.24. The average Bonchev–Trinajstić information content (AvgIpc) is 2.84. The van der Waals surface area contributed by atoms with Gasteiger partial charge in [-0.05, 0) is 5.56 Å². The SMILES string of the molecule is Cn1cc(-c2ccccc2)n(C)[c]1=[Pt].IN(I)Cc1ccccc1. The second-order valence-corrected chi connectivity index (χ2v) is 10.4. The van der Waals surface area contributed by atoms with Gasteiger partial charge < -0.3 is 0 Å². The summed E-state index contributed by atoms with van der Waals surface area (Å²) >= 11 is 6.86. The molecule has 0 spiro atoms. The van der Waals surface area contributed by atoms with Crippen LogP contribution in [-0.2, 0) is 40.0 Å². The number of hydrogen-bond donors (Lipinski definition) is 0. The van der Waals surface area contributed by atoms with E-state index in [0.717, 1.165) is 6.54 Å². The molecule has 0 atom stereocenters. The molecular weight excluding hydrogens is 707 g/mol. The topological polar surface area (TPSA) is 13.1 Å². The quantitative estimate of drug-likeness (QED) is 0.264. The summed E-state index contributed by atoms with van der Waals surface area (Å²) in [4.78, 5) is 0. The summed E-state index contributed by atoms with van der Waals surface area (Å²) in [5.41, 5.74) is 3.86. The van der Waals surface area contributed by atoms with Crippen molar-refractivity contribution in [1.82, 2.24) is 10.5 Å². The molecule has 3 rings (SSSR count). The molecule has 6 heteroatoms. The number of rotatable bonds is 3. The molecule has 3 nitrogen and oxygen atoms in total. The molecule has 0 aliphatic carbocycles. The van der Waals surface area contributed by atoms with Gasteiger partial charge in [0.15, 0.2) is 0 Å². The van der Waals surface area contributed by atoms with E-state index in [2.05, 4.69) is 144 Å². The molecule has 0 unspecified atom stereocenters. The average molecular weight is 726 g/mol. The Labute approximate surface area is 182 Å². The molecule has 0 aliphatic heterocycles. The normalized spacial score (nSPS) is 10.5. The second kappa shape index (κ2) is 10.0. The molecule has 1 heterocycles. The number of hydrogen-bond acceptors (Lipinski definition) is 1. The summed E-state index contributed by atoms with van der Waals surface area (Å²) < 4.78 is 7.65. The van der Waals surface area contributed by atoms with Gasteiger partial charge in [0.25, 0.3) is 0 Å². The summed E-state index contributed by atoms with van der Waals surface area (Å²) in [7, 11) is 4.15. The van der Waals surface area contributed by atoms with Gasteiger partial charge >= 0.3 is 94.2 Å². The smallest absolute Gasteiger partial charge is 0.0435 e. The predicted octanol–water partition coefficient (Wildman–Crippen LogP) is 5.30. The molecular formula is C18H19I2N3Pt. The number of benzene rings is 2. The van der Waals surface area contributed by atoms with Crippen molar-refractivity contribution in [3.8, 4) is 11.3 Å². The van der Waals surface area contributed by atoms with Crippen molar-refractivity contribution in [2.45, 2.75) is 6.54 Å². The van der Waals surface area contributed by atoms with Gasteiger partial charge in [0.1, 0.15) is 0 Å². The van der Waals surface area contributed by atoms with Crippen molar-refractivity contribution in [1.29, 1.82) is 0 Å². The number of imidazole rings is 1. The minimum atomic E-state index is 1.00. The largest absolute Gasteiger partial charge is 0.184 e. The third-order valence-corrected chi connectivity index (χ3v) is 5.66. The van der Waals surface area contributed by atoms with Crippen molar-refractivity contribution in [3.63, 3.8) is 0 Å². The molecule has 0 aliphatic rings. The van der Waals surface area contributed by atoms with Gasteiger partial charge in [0.2, 0.25) is 0 Å². The van der Waals surface area contributed by atoms with Crippen LogP contribution in [0.25, 0.3) is 11.3 Å². The summed E-state index contributed by atoms with van der Waals surface area (Å²) in [6.07, 6.45) is 2.15. The molecule has 0 fully saturated rings. The van der Waals surface area contributed by atoms with Crippen molar-refractivity contribution < 1.29 is 19.4 Å². The third-order valence-electron chi connectivity index (χ3n) is 3.42. The van der Waals surface area contributed by atoms with Crippen LogP contribution in [0.3, 0.4) is 0 Å². The van der Waals surface area contributed by atoms with Crippen molar-refractivity contribution in [2.24, 2.45) is 14.1 Å². The van der Waals surface area contributed by atoms with Crippen LogP contribution < -0.4 is 0 Å². The Morgan fingerprint density at radius 3 is 1.92 bits per heavy atom. The van der Waals surface area contributed by atoms with Gasteiger partial charge in [-0.1, -0.05) is 30.3 Å². The van der Waals surface area contributed by atoms with Crippen LogP contribution in [0.15, 0.2) is 66.9 Å². The first kappa shape index (κ1) is 20.1. The van der Waals surface area contributed by atoms with Crippen LogP contribution >= 0.6 is 45.7 Å². The van der Waals surface area contributed by atoms with Gasteiger partial charge in [0.05, 0.1) is 0 Å². The fraction of sp³-hybridized carbons (Fsp3) is 0.167. The van der Waals surface area contributed by atoms with Crippen LogP contribution in [0.1, 0.15) is 5.56 Å². The number of halogens is 2. The number of aromatic nitrogens is 2. The van der Waals surface area contributed by atoms with E-state index in [9.17, 15) is 0 Å². The molecule has 0 radical (unpaired) electrons. The molecule has 0 amide bonds. The first-order valence-corrected chi connectivity index (χ1v) is 10.4. The van der Waals surface area contributed by atoms with E-state index < -0.39 is 0 Å². The Morgan fingerprint density at radius 1 is 0.917 bits per heavy atom. The van der Waals surface area contributed by atoms with Crippen LogP contribution in [0.2, 0.25) is 0 Å². The van der Waals surface area contributed by atoms with E-state index >= 15 is 0 Å². The van der Waals surface area contributed by atoms with E-state index in [1.807, 2.05) is 12.1 Å². The molecule has 1 aromatic heterocycles. The van der Waals surface area contributed by atoms with Crippen molar-refractivity contribution in [3.05, 3.63) is 76.2 Å². The minimum Gasteiger partial charge on any atom is -0.184 e. The fourth-order valence-corrected chi connectivity index (χ4v) is 3.45. The maximum Gasteiger partial charge on any atom is 0.0435 e. The van der Waals surface area contributed by atoms with E-state index in [-0.39, 0.29) is 0 Å². The molecule has 2 aromatic carbocycles.